The summed E-state index contributed by atoms with van der Waals surface area (Å²) in [4.78, 5) is 17.4. The molecule has 0 spiro atoms. The minimum atomic E-state index is -0.302. The minimum Gasteiger partial charge on any atom is -0.461 e. The van der Waals surface area contributed by atoms with Gasteiger partial charge in [0.15, 0.2) is 5.76 Å². The van der Waals surface area contributed by atoms with E-state index < -0.39 is 0 Å². The fourth-order valence-corrected chi connectivity index (χ4v) is 2.98. The quantitative estimate of drug-likeness (QED) is 0.475. The number of rotatable bonds is 3. The van der Waals surface area contributed by atoms with E-state index >= 15 is 0 Å². The van der Waals surface area contributed by atoms with Crippen LogP contribution in [0.3, 0.4) is 0 Å². The summed E-state index contributed by atoms with van der Waals surface area (Å²) in [5.74, 6) is 0.743. The summed E-state index contributed by atoms with van der Waals surface area (Å²) in [5, 5.41) is 5.72. The van der Waals surface area contributed by atoms with Gasteiger partial charge in [-0.15, -0.1) is 0 Å². The van der Waals surface area contributed by atoms with E-state index in [0.29, 0.717) is 38.1 Å². The number of furan rings is 1. The molecular weight excluding hydrogens is 373 g/mol. The molecule has 26 heavy (non-hydrogen) atoms. The molecule has 0 atom stereocenters. The summed E-state index contributed by atoms with van der Waals surface area (Å²) >= 11 is 12.1. The van der Waals surface area contributed by atoms with Gasteiger partial charge in [0.05, 0.1) is 28.4 Å². The summed E-state index contributed by atoms with van der Waals surface area (Å²) in [5.41, 5.74) is 0.893. The Labute approximate surface area is 158 Å². The zero-order valence-electron chi connectivity index (χ0n) is 13.3. The van der Waals surface area contributed by atoms with Crippen molar-refractivity contribution in [2.75, 3.05) is 0 Å². The molecule has 128 valence electrons. The third-order valence-electron chi connectivity index (χ3n) is 3.77. The van der Waals surface area contributed by atoms with E-state index in [1.807, 2.05) is 6.07 Å². The van der Waals surface area contributed by atoms with Crippen molar-refractivity contribution in [1.29, 1.82) is 0 Å². The molecule has 2 heterocycles. The molecule has 7 heteroatoms. The molecule has 0 aliphatic rings. The van der Waals surface area contributed by atoms with E-state index in [9.17, 15) is 4.79 Å². The predicted octanol–water partition coefficient (Wildman–Crippen LogP) is 4.85. The lowest BCUT2D eigenvalue weighted by molar-refractivity contribution is 0.571. The first-order chi connectivity index (χ1) is 12.6. The van der Waals surface area contributed by atoms with Crippen LogP contribution in [0.1, 0.15) is 5.56 Å². The highest BCUT2D eigenvalue weighted by molar-refractivity contribution is 6.36. The van der Waals surface area contributed by atoms with E-state index in [0.717, 1.165) is 0 Å². The maximum absolute atomic E-state index is 12.9. The van der Waals surface area contributed by atoms with Crippen molar-refractivity contribution in [3.05, 3.63) is 86.8 Å². The molecule has 2 aromatic carbocycles. The van der Waals surface area contributed by atoms with Crippen LogP contribution in [0.5, 0.6) is 0 Å². The molecule has 0 saturated heterocycles. The lowest BCUT2D eigenvalue weighted by Gasteiger charge is -2.07. The summed E-state index contributed by atoms with van der Waals surface area (Å²) < 4.78 is 6.62. The first kappa shape index (κ1) is 16.6. The minimum absolute atomic E-state index is 0.302. The predicted molar refractivity (Wildman–Crippen MR) is 103 cm³/mol. The summed E-state index contributed by atoms with van der Waals surface area (Å²) in [6.07, 6.45) is 3.00. The van der Waals surface area contributed by atoms with Crippen LogP contribution < -0.4 is 5.56 Å². The molecule has 0 N–H and O–H groups in total. The van der Waals surface area contributed by atoms with Crippen LogP contribution >= 0.6 is 23.2 Å². The molecule has 0 aliphatic heterocycles. The number of hydrogen-bond acceptors (Lipinski definition) is 4. The lowest BCUT2D eigenvalue weighted by Crippen LogP contribution is -2.20. The normalized spacial score (nSPS) is 11.5. The third-order valence-corrected chi connectivity index (χ3v) is 4.33. The Morgan fingerprint density at radius 1 is 1.08 bits per heavy atom. The maximum atomic E-state index is 12.9. The molecule has 0 saturated carbocycles. The average Bonchev–Trinajstić information content (AvgIpc) is 3.17. The maximum Gasteiger partial charge on any atom is 0.282 e. The van der Waals surface area contributed by atoms with Gasteiger partial charge in [-0.25, -0.2) is 4.98 Å². The van der Waals surface area contributed by atoms with Crippen molar-refractivity contribution in [2.45, 2.75) is 0 Å². The lowest BCUT2D eigenvalue weighted by atomic mass is 10.2. The van der Waals surface area contributed by atoms with Crippen LogP contribution in [0.2, 0.25) is 10.0 Å². The Balaban J connectivity index is 1.93. The highest BCUT2D eigenvalue weighted by Crippen LogP contribution is 2.21. The van der Waals surface area contributed by atoms with Crippen LogP contribution in [-0.4, -0.2) is 15.9 Å². The first-order valence-corrected chi connectivity index (χ1v) is 8.44. The zero-order valence-corrected chi connectivity index (χ0v) is 14.8. The number of para-hydroxylation sites is 1. The fraction of sp³-hybridized carbons (Fsp3) is 0. The number of benzene rings is 2. The standard InChI is InChI=1S/C19H11Cl2N3O2/c20-13-8-7-12(15(21)10-13)11-22-24-18(17-6-3-9-26-17)23-16-5-2-1-4-14(16)19(24)25/h1-11H/b22-11-. The molecule has 0 unspecified atom stereocenters. The largest absolute Gasteiger partial charge is 0.461 e. The van der Waals surface area contributed by atoms with Gasteiger partial charge in [-0.3, -0.25) is 4.79 Å². The van der Waals surface area contributed by atoms with E-state index in [1.54, 1.807) is 48.5 Å². The summed E-state index contributed by atoms with van der Waals surface area (Å²) in [6.45, 7) is 0. The average molecular weight is 384 g/mol. The SMILES string of the molecule is O=c1c2ccccc2nc(-c2ccco2)n1/N=C\c1ccc(Cl)cc1Cl. The van der Waals surface area contributed by atoms with Gasteiger partial charge in [0.25, 0.3) is 5.56 Å². The molecular formula is C19H11Cl2N3O2. The number of aromatic nitrogens is 2. The van der Waals surface area contributed by atoms with Gasteiger partial charge in [-0.2, -0.15) is 9.78 Å². The second-order valence-corrected chi connectivity index (χ2v) is 6.30. The van der Waals surface area contributed by atoms with Crippen LogP contribution in [0.25, 0.3) is 22.5 Å². The van der Waals surface area contributed by atoms with Gasteiger partial charge >= 0.3 is 0 Å². The Morgan fingerprint density at radius 2 is 1.92 bits per heavy atom. The molecule has 2 aromatic heterocycles. The Hall–Kier alpha value is -2.89. The topological polar surface area (TPSA) is 60.4 Å². The molecule has 4 rings (SSSR count). The fourth-order valence-electron chi connectivity index (χ4n) is 2.52. The monoisotopic (exact) mass is 383 g/mol. The zero-order chi connectivity index (χ0) is 18.1. The van der Waals surface area contributed by atoms with Crippen molar-refractivity contribution >= 4 is 40.3 Å². The van der Waals surface area contributed by atoms with Gasteiger partial charge in [0, 0.05) is 10.6 Å². The first-order valence-electron chi connectivity index (χ1n) is 7.68. The molecule has 0 amide bonds. The van der Waals surface area contributed by atoms with Crippen LogP contribution in [-0.2, 0) is 0 Å². The Morgan fingerprint density at radius 3 is 2.69 bits per heavy atom. The number of hydrogen-bond donors (Lipinski definition) is 0. The van der Waals surface area contributed by atoms with E-state index in [4.69, 9.17) is 27.6 Å². The van der Waals surface area contributed by atoms with E-state index in [2.05, 4.69) is 10.1 Å². The highest BCUT2D eigenvalue weighted by atomic mass is 35.5. The summed E-state index contributed by atoms with van der Waals surface area (Å²) in [6, 6.07) is 15.6. The second kappa shape index (κ2) is 6.78. The molecule has 0 bridgehead atoms. The molecule has 0 radical (unpaired) electrons. The Bertz CT molecular complexity index is 1180. The van der Waals surface area contributed by atoms with Crippen molar-refractivity contribution < 1.29 is 4.42 Å². The molecule has 5 nitrogen and oxygen atoms in total. The molecule has 4 aromatic rings. The molecule has 0 aliphatic carbocycles. The van der Waals surface area contributed by atoms with Crippen LogP contribution in [0.4, 0.5) is 0 Å². The second-order valence-electron chi connectivity index (χ2n) is 5.46. The van der Waals surface area contributed by atoms with Gasteiger partial charge in [-0.05, 0) is 36.4 Å². The molecule has 0 fully saturated rings. The van der Waals surface area contributed by atoms with Crippen molar-refractivity contribution in [3.63, 3.8) is 0 Å². The van der Waals surface area contributed by atoms with Crippen LogP contribution in [0, 0.1) is 0 Å². The van der Waals surface area contributed by atoms with Gasteiger partial charge in [-0.1, -0.05) is 41.4 Å². The smallest absolute Gasteiger partial charge is 0.282 e. The van der Waals surface area contributed by atoms with Gasteiger partial charge in [0.2, 0.25) is 5.82 Å². The van der Waals surface area contributed by atoms with Crippen LogP contribution in [0.15, 0.2) is 75.2 Å². The third kappa shape index (κ3) is 3.03. The van der Waals surface area contributed by atoms with E-state index in [-0.39, 0.29) is 5.56 Å². The van der Waals surface area contributed by atoms with Gasteiger partial charge in [0.1, 0.15) is 0 Å². The van der Waals surface area contributed by atoms with Gasteiger partial charge < -0.3 is 4.42 Å². The number of halogens is 2. The van der Waals surface area contributed by atoms with E-state index in [1.165, 1.54) is 17.2 Å². The highest BCUT2D eigenvalue weighted by Gasteiger charge is 2.14. The van der Waals surface area contributed by atoms with Crippen molar-refractivity contribution in [2.24, 2.45) is 5.10 Å². The van der Waals surface area contributed by atoms with Crippen molar-refractivity contribution in [1.82, 2.24) is 9.66 Å². The van der Waals surface area contributed by atoms with Crippen molar-refractivity contribution in [3.8, 4) is 11.6 Å². The number of nitrogens with zero attached hydrogens (tertiary/aromatic N) is 3. The Kier molecular flexibility index (Phi) is 4.32. The number of fused-ring (bicyclic) bond motifs is 1. The summed E-state index contributed by atoms with van der Waals surface area (Å²) in [7, 11) is 0.